The van der Waals surface area contributed by atoms with E-state index in [1.54, 1.807) is 0 Å². The van der Waals surface area contributed by atoms with Gasteiger partial charge >= 0.3 is 0 Å². The lowest BCUT2D eigenvalue weighted by atomic mass is 10.1. The van der Waals surface area contributed by atoms with Gasteiger partial charge in [-0.2, -0.15) is 0 Å². The van der Waals surface area contributed by atoms with E-state index < -0.39 is 0 Å². The Kier molecular flexibility index (Phi) is 5.84. The van der Waals surface area contributed by atoms with E-state index in [1.807, 2.05) is 31.2 Å². The summed E-state index contributed by atoms with van der Waals surface area (Å²) in [6.07, 6.45) is 0. The maximum absolute atomic E-state index is 12.2. The molecular weight excluding hydrogens is 310 g/mol. The van der Waals surface area contributed by atoms with Crippen LogP contribution < -0.4 is 5.32 Å². The van der Waals surface area contributed by atoms with Crippen molar-refractivity contribution in [2.24, 2.45) is 0 Å². The molecule has 0 unspecified atom stereocenters. The van der Waals surface area contributed by atoms with Crippen LogP contribution in [0, 0.1) is 13.8 Å². The molecule has 4 nitrogen and oxygen atoms in total. The van der Waals surface area contributed by atoms with Crippen LogP contribution in [0.5, 0.6) is 0 Å². The minimum atomic E-state index is 0.0673. The van der Waals surface area contributed by atoms with Crippen LogP contribution in [-0.4, -0.2) is 48.4 Å². The zero-order valence-corrected chi connectivity index (χ0v) is 15.2. The van der Waals surface area contributed by atoms with Crippen LogP contribution >= 0.6 is 0 Å². The number of anilines is 1. The van der Waals surface area contributed by atoms with Crippen LogP contribution in [0.4, 0.5) is 5.69 Å². The minimum Gasteiger partial charge on any atom is -0.325 e. The van der Waals surface area contributed by atoms with Gasteiger partial charge < -0.3 is 5.32 Å². The minimum absolute atomic E-state index is 0.0673. The topological polar surface area (TPSA) is 35.6 Å². The predicted molar refractivity (Wildman–Crippen MR) is 103 cm³/mol. The van der Waals surface area contributed by atoms with Crippen LogP contribution in [-0.2, 0) is 11.3 Å². The molecule has 1 heterocycles. The molecule has 0 aromatic heterocycles. The van der Waals surface area contributed by atoms with Crippen molar-refractivity contribution in [1.82, 2.24) is 9.80 Å². The molecule has 3 rings (SSSR count). The summed E-state index contributed by atoms with van der Waals surface area (Å²) in [4.78, 5) is 16.9. The summed E-state index contributed by atoms with van der Waals surface area (Å²) in [6, 6.07) is 16.6. The Hall–Kier alpha value is -2.17. The fraction of sp³-hybridized carbons (Fsp3) is 0.381. The normalized spacial score (nSPS) is 15.9. The number of benzene rings is 2. The molecule has 1 saturated heterocycles. The number of nitrogens with zero attached hydrogens (tertiary/aromatic N) is 2. The van der Waals surface area contributed by atoms with Crippen molar-refractivity contribution in [2.75, 3.05) is 38.0 Å². The first-order chi connectivity index (χ1) is 12.1. The van der Waals surface area contributed by atoms with Gasteiger partial charge in [-0.05, 0) is 37.1 Å². The van der Waals surface area contributed by atoms with E-state index in [-0.39, 0.29) is 5.91 Å². The number of carbonyl (C=O) groups is 1. The van der Waals surface area contributed by atoms with Crippen LogP contribution in [0.1, 0.15) is 16.7 Å². The molecule has 0 aliphatic carbocycles. The van der Waals surface area contributed by atoms with Gasteiger partial charge in [0, 0.05) is 38.4 Å². The molecule has 0 saturated carbocycles. The molecule has 1 fully saturated rings. The SMILES string of the molecule is Cc1cccc(CN2CCN(CC(=O)Nc3cccc(C)c3)CC2)c1. The Morgan fingerprint density at radius 2 is 1.56 bits per heavy atom. The number of piperazine rings is 1. The third kappa shape index (κ3) is 5.41. The van der Waals surface area contributed by atoms with E-state index in [0.717, 1.165) is 44.0 Å². The third-order valence-corrected chi connectivity index (χ3v) is 4.62. The highest BCUT2D eigenvalue weighted by atomic mass is 16.2. The average molecular weight is 337 g/mol. The van der Waals surface area contributed by atoms with Crippen molar-refractivity contribution in [2.45, 2.75) is 20.4 Å². The van der Waals surface area contributed by atoms with Crippen molar-refractivity contribution >= 4 is 11.6 Å². The molecule has 1 aliphatic rings. The third-order valence-electron chi connectivity index (χ3n) is 4.62. The number of aryl methyl sites for hydroxylation is 2. The van der Waals surface area contributed by atoms with Gasteiger partial charge in [-0.25, -0.2) is 0 Å². The van der Waals surface area contributed by atoms with Crippen molar-refractivity contribution in [3.63, 3.8) is 0 Å². The highest BCUT2D eigenvalue weighted by Gasteiger charge is 2.19. The molecule has 0 radical (unpaired) electrons. The van der Waals surface area contributed by atoms with Gasteiger partial charge in [0.15, 0.2) is 0 Å². The summed E-state index contributed by atoms with van der Waals surface area (Å²) in [5.41, 5.74) is 4.71. The molecule has 2 aromatic carbocycles. The van der Waals surface area contributed by atoms with E-state index in [4.69, 9.17) is 0 Å². The summed E-state index contributed by atoms with van der Waals surface area (Å²) in [6.45, 7) is 9.51. The van der Waals surface area contributed by atoms with Crippen LogP contribution in [0.15, 0.2) is 48.5 Å². The molecule has 1 N–H and O–H groups in total. The van der Waals surface area contributed by atoms with Gasteiger partial charge in [-0.15, -0.1) is 0 Å². The summed E-state index contributed by atoms with van der Waals surface area (Å²) in [5, 5.41) is 2.99. The summed E-state index contributed by atoms with van der Waals surface area (Å²) < 4.78 is 0. The largest absolute Gasteiger partial charge is 0.325 e. The second-order valence-electron chi connectivity index (χ2n) is 6.96. The van der Waals surface area contributed by atoms with Crippen molar-refractivity contribution < 1.29 is 4.79 Å². The van der Waals surface area contributed by atoms with Crippen LogP contribution in [0.25, 0.3) is 0 Å². The second-order valence-corrected chi connectivity index (χ2v) is 6.96. The van der Waals surface area contributed by atoms with Gasteiger partial charge in [0.1, 0.15) is 0 Å². The molecule has 2 aromatic rings. The van der Waals surface area contributed by atoms with Crippen molar-refractivity contribution in [1.29, 1.82) is 0 Å². The second kappa shape index (κ2) is 8.28. The molecule has 1 aliphatic heterocycles. The highest BCUT2D eigenvalue weighted by Crippen LogP contribution is 2.12. The first-order valence-electron chi connectivity index (χ1n) is 8.95. The molecular formula is C21H27N3O. The Balaban J connectivity index is 1.43. The predicted octanol–water partition coefficient (Wildman–Crippen LogP) is 3.06. The maximum Gasteiger partial charge on any atom is 0.238 e. The van der Waals surface area contributed by atoms with Crippen molar-refractivity contribution in [3.05, 3.63) is 65.2 Å². The lowest BCUT2D eigenvalue weighted by molar-refractivity contribution is -0.117. The number of hydrogen-bond donors (Lipinski definition) is 1. The fourth-order valence-corrected chi connectivity index (χ4v) is 3.30. The van der Waals surface area contributed by atoms with Gasteiger partial charge in [-0.1, -0.05) is 42.0 Å². The fourth-order valence-electron chi connectivity index (χ4n) is 3.30. The monoisotopic (exact) mass is 337 g/mol. The Morgan fingerprint density at radius 1 is 0.920 bits per heavy atom. The number of nitrogens with one attached hydrogen (secondary N) is 1. The Labute approximate surface area is 150 Å². The van der Waals surface area contributed by atoms with E-state index >= 15 is 0 Å². The summed E-state index contributed by atoms with van der Waals surface area (Å²) in [5.74, 6) is 0.0673. The van der Waals surface area contributed by atoms with Crippen LogP contribution in [0.3, 0.4) is 0 Å². The zero-order valence-electron chi connectivity index (χ0n) is 15.2. The number of amides is 1. The summed E-state index contributed by atoms with van der Waals surface area (Å²) in [7, 11) is 0. The average Bonchev–Trinajstić information content (AvgIpc) is 2.57. The molecule has 0 spiro atoms. The lowest BCUT2D eigenvalue weighted by Gasteiger charge is -2.34. The first-order valence-corrected chi connectivity index (χ1v) is 8.95. The Bertz CT molecular complexity index is 721. The number of rotatable bonds is 5. The smallest absolute Gasteiger partial charge is 0.238 e. The molecule has 0 atom stereocenters. The lowest BCUT2D eigenvalue weighted by Crippen LogP contribution is -2.48. The number of hydrogen-bond acceptors (Lipinski definition) is 3. The van der Waals surface area contributed by atoms with Gasteiger partial charge in [0.25, 0.3) is 0 Å². The van der Waals surface area contributed by atoms with E-state index in [2.05, 4.69) is 46.3 Å². The van der Waals surface area contributed by atoms with E-state index in [9.17, 15) is 4.79 Å². The Morgan fingerprint density at radius 3 is 2.24 bits per heavy atom. The molecule has 4 heteroatoms. The quantitative estimate of drug-likeness (QED) is 0.911. The van der Waals surface area contributed by atoms with E-state index in [1.165, 1.54) is 11.1 Å². The molecule has 0 bridgehead atoms. The zero-order chi connectivity index (χ0) is 17.6. The molecule has 25 heavy (non-hydrogen) atoms. The van der Waals surface area contributed by atoms with Crippen LogP contribution in [0.2, 0.25) is 0 Å². The maximum atomic E-state index is 12.2. The number of carbonyl (C=O) groups excluding carboxylic acids is 1. The highest BCUT2D eigenvalue weighted by molar-refractivity contribution is 5.92. The standard InChI is InChI=1S/C21H27N3O/c1-17-5-3-7-19(13-17)15-23-9-11-24(12-10-23)16-21(25)22-20-8-4-6-18(2)14-20/h3-8,13-14H,9-12,15-16H2,1-2H3,(H,22,25). The van der Waals surface area contributed by atoms with Gasteiger partial charge in [-0.3, -0.25) is 14.6 Å². The summed E-state index contributed by atoms with van der Waals surface area (Å²) >= 11 is 0. The van der Waals surface area contributed by atoms with E-state index in [0.29, 0.717) is 6.54 Å². The molecule has 132 valence electrons. The van der Waals surface area contributed by atoms with Gasteiger partial charge in [0.05, 0.1) is 6.54 Å². The van der Waals surface area contributed by atoms with Crippen molar-refractivity contribution in [3.8, 4) is 0 Å². The molecule has 1 amide bonds. The van der Waals surface area contributed by atoms with Gasteiger partial charge in [0.2, 0.25) is 5.91 Å². The first kappa shape index (κ1) is 17.6.